The second-order valence-corrected chi connectivity index (χ2v) is 9.13. The number of rotatable bonds is 10. The standard InChI is InChI=1S/C22H21N5O3S2/c1-15-7-9-16(10-8-15)20-24-19(30-27-20)12-11-18(28)23-21-25-26-22(32-21)31-14-13-29-17-5-3-2-4-6-17/h2-10H,11-14H2,1H3,(H,23,25,28). The average Bonchev–Trinajstić information content (AvgIpc) is 3.46. The molecule has 1 amide bonds. The van der Waals surface area contributed by atoms with Crippen LogP contribution in [0.4, 0.5) is 5.13 Å². The second-order valence-electron chi connectivity index (χ2n) is 6.81. The van der Waals surface area contributed by atoms with E-state index in [1.807, 2.05) is 61.5 Å². The van der Waals surface area contributed by atoms with E-state index in [0.717, 1.165) is 27.0 Å². The van der Waals surface area contributed by atoms with Gasteiger partial charge in [-0.25, -0.2) is 0 Å². The number of hydrogen-bond donors (Lipinski definition) is 1. The van der Waals surface area contributed by atoms with Gasteiger partial charge in [0, 0.05) is 24.2 Å². The van der Waals surface area contributed by atoms with Crippen molar-refractivity contribution in [1.82, 2.24) is 20.3 Å². The zero-order chi connectivity index (χ0) is 22.2. The van der Waals surface area contributed by atoms with Crippen molar-refractivity contribution in [2.75, 3.05) is 17.7 Å². The van der Waals surface area contributed by atoms with E-state index in [1.165, 1.54) is 23.1 Å². The number of hydrogen-bond acceptors (Lipinski definition) is 9. The third-order valence-electron chi connectivity index (χ3n) is 4.32. The molecule has 0 aliphatic heterocycles. The Morgan fingerprint density at radius 1 is 1.12 bits per heavy atom. The Kier molecular flexibility index (Phi) is 7.47. The molecule has 0 spiro atoms. The number of ether oxygens (including phenoxy) is 1. The third kappa shape index (κ3) is 6.38. The van der Waals surface area contributed by atoms with Crippen molar-refractivity contribution in [2.45, 2.75) is 24.1 Å². The van der Waals surface area contributed by atoms with Gasteiger partial charge in [0.2, 0.25) is 22.8 Å². The molecule has 4 aromatic rings. The van der Waals surface area contributed by atoms with Crippen LogP contribution >= 0.6 is 23.1 Å². The average molecular weight is 468 g/mol. The summed E-state index contributed by atoms with van der Waals surface area (Å²) >= 11 is 2.87. The molecule has 0 aliphatic rings. The summed E-state index contributed by atoms with van der Waals surface area (Å²) in [4.78, 5) is 16.6. The summed E-state index contributed by atoms with van der Waals surface area (Å²) in [6.07, 6.45) is 0.560. The fourth-order valence-corrected chi connectivity index (χ4v) is 4.36. The molecule has 2 aromatic carbocycles. The van der Waals surface area contributed by atoms with Crippen LogP contribution in [0.5, 0.6) is 5.75 Å². The summed E-state index contributed by atoms with van der Waals surface area (Å²) in [5.74, 6) is 2.33. The summed E-state index contributed by atoms with van der Waals surface area (Å²) in [7, 11) is 0. The molecule has 10 heteroatoms. The van der Waals surface area contributed by atoms with Gasteiger partial charge in [-0.15, -0.1) is 10.2 Å². The highest BCUT2D eigenvalue weighted by Gasteiger charge is 2.13. The Hall–Kier alpha value is -3.24. The van der Waals surface area contributed by atoms with Crippen LogP contribution < -0.4 is 10.1 Å². The van der Waals surface area contributed by atoms with Crippen LogP contribution in [0.25, 0.3) is 11.4 Å². The molecule has 0 saturated carbocycles. The van der Waals surface area contributed by atoms with Crippen LogP contribution in [-0.4, -0.2) is 38.6 Å². The zero-order valence-electron chi connectivity index (χ0n) is 17.4. The maximum absolute atomic E-state index is 12.2. The number of aromatic nitrogens is 4. The van der Waals surface area contributed by atoms with Gasteiger partial charge < -0.3 is 14.6 Å². The predicted molar refractivity (Wildman–Crippen MR) is 124 cm³/mol. The minimum absolute atomic E-state index is 0.180. The molecule has 0 bridgehead atoms. The maximum atomic E-state index is 12.2. The summed E-state index contributed by atoms with van der Waals surface area (Å²) < 4.78 is 11.7. The minimum atomic E-state index is -0.180. The highest BCUT2D eigenvalue weighted by Crippen LogP contribution is 2.25. The van der Waals surface area contributed by atoms with Crippen LogP contribution in [-0.2, 0) is 11.2 Å². The number of carbonyl (C=O) groups excluding carboxylic acids is 1. The van der Waals surface area contributed by atoms with E-state index >= 15 is 0 Å². The lowest BCUT2D eigenvalue weighted by molar-refractivity contribution is -0.116. The number of carbonyl (C=O) groups is 1. The Balaban J connectivity index is 1.19. The maximum Gasteiger partial charge on any atom is 0.227 e. The summed E-state index contributed by atoms with van der Waals surface area (Å²) in [5.41, 5.74) is 2.04. The quantitative estimate of drug-likeness (QED) is 0.204. The molecule has 0 atom stereocenters. The van der Waals surface area contributed by atoms with E-state index in [1.54, 1.807) is 0 Å². The smallest absolute Gasteiger partial charge is 0.227 e. The van der Waals surface area contributed by atoms with Crippen molar-refractivity contribution in [1.29, 1.82) is 0 Å². The van der Waals surface area contributed by atoms with Gasteiger partial charge in [0.25, 0.3) is 0 Å². The van der Waals surface area contributed by atoms with E-state index < -0.39 is 0 Å². The van der Waals surface area contributed by atoms with Gasteiger partial charge >= 0.3 is 0 Å². The van der Waals surface area contributed by atoms with Crippen molar-refractivity contribution in [3.63, 3.8) is 0 Å². The normalized spacial score (nSPS) is 10.8. The van der Waals surface area contributed by atoms with Crippen LogP contribution in [0.2, 0.25) is 0 Å². The highest BCUT2D eigenvalue weighted by molar-refractivity contribution is 8.01. The molecule has 164 valence electrons. The largest absolute Gasteiger partial charge is 0.493 e. The molecule has 2 aromatic heterocycles. The topological polar surface area (TPSA) is 103 Å². The van der Waals surface area contributed by atoms with E-state index in [2.05, 4.69) is 25.7 Å². The lowest BCUT2D eigenvalue weighted by Gasteiger charge is -2.03. The van der Waals surface area contributed by atoms with Crippen molar-refractivity contribution in [3.05, 3.63) is 66.1 Å². The minimum Gasteiger partial charge on any atom is -0.493 e. The van der Waals surface area contributed by atoms with Crippen molar-refractivity contribution in [2.24, 2.45) is 0 Å². The van der Waals surface area contributed by atoms with Gasteiger partial charge in [-0.2, -0.15) is 4.98 Å². The number of nitrogens with one attached hydrogen (secondary N) is 1. The number of nitrogens with zero attached hydrogens (tertiary/aromatic N) is 4. The van der Waals surface area contributed by atoms with Gasteiger partial charge in [0.05, 0.1) is 6.61 Å². The second kappa shape index (κ2) is 10.9. The van der Waals surface area contributed by atoms with Gasteiger partial charge in [0.15, 0.2) is 4.34 Å². The first-order valence-corrected chi connectivity index (χ1v) is 11.8. The van der Waals surface area contributed by atoms with Crippen LogP contribution in [0.15, 0.2) is 63.5 Å². The Morgan fingerprint density at radius 2 is 1.94 bits per heavy atom. The lowest BCUT2D eigenvalue weighted by Crippen LogP contribution is -2.12. The number of amides is 1. The van der Waals surface area contributed by atoms with E-state index in [9.17, 15) is 4.79 Å². The molecule has 0 radical (unpaired) electrons. The summed E-state index contributed by atoms with van der Waals surface area (Å²) in [5, 5.41) is 15.3. The van der Waals surface area contributed by atoms with Crippen LogP contribution in [0.1, 0.15) is 17.9 Å². The third-order valence-corrected chi connectivity index (χ3v) is 6.25. The van der Waals surface area contributed by atoms with Gasteiger partial charge in [-0.1, -0.05) is 76.3 Å². The first-order valence-electron chi connectivity index (χ1n) is 9.99. The number of aryl methyl sites for hydroxylation is 2. The monoisotopic (exact) mass is 467 g/mol. The number of benzene rings is 2. The summed E-state index contributed by atoms with van der Waals surface area (Å²) in [6.45, 7) is 2.58. The number of anilines is 1. The molecule has 8 nitrogen and oxygen atoms in total. The molecular weight excluding hydrogens is 446 g/mol. The van der Waals surface area contributed by atoms with E-state index in [0.29, 0.717) is 29.9 Å². The van der Waals surface area contributed by atoms with E-state index in [-0.39, 0.29) is 12.3 Å². The Labute approximate surface area is 193 Å². The molecule has 0 saturated heterocycles. The molecule has 4 rings (SSSR count). The summed E-state index contributed by atoms with van der Waals surface area (Å²) in [6, 6.07) is 17.5. The fraction of sp³-hybridized carbons (Fsp3) is 0.227. The Morgan fingerprint density at radius 3 is 2.75 bits per heavy atom. The molecular formula is C22H21N5O3S2. The predicted octanol–water partition coefficient (Wildman–Crippen LogP) is 4.64. The Bertz CT molecular complexity index is 1150. The number of thioether (sulfide) groups is 1. The van der Waals surface area contributed by atoms with Crippen LogP contribution in [0.3, 0.4) is 0 Å². The number of para-hydroxylation sites is 1. The molecule has 32 heavy (non-hydrogen) atoms. The van der Waals surface area contributed by atoms with E-state index in [4.69, 9.17) is 9.26 Å². The molecule has 0 unspecified atom stereocenters. The molecule has 0 aliphatic carbocycles. The van der Waals surface area contributed by atoms with Crippen molar-refractivity contribution < 1.29 is 14.1 Å². The first-order chi connectivity index (χ1) is 15.7. The fourth-order valence-electron chi connectivity index (χ4n) is 2.70. The van der Waals surface area contributed by atoms with Crippen molar-refractivity contribution in [3.8, 4) is 17.1 Å². The zero-order valence-corrected chi connectivity index (χ0v) is 19.0. The van der Waals surface area contributed by atoms with Gasteiger partial charge in [-0.3, -0.25) is 4.79 Å². The van der Waals surface area contributed by atoms with Gasteiger partial charge in [0.1, 0.15) is 5.75 Å². The lowest BCUT2D eigenvalue weighted by atomic mass is 10.1. The first kappa shape index (κ1) is 22.0. The molecule has 0 fully saturated rings. The molecule has 2 heterocycles. The SMILES string of the molecule is Cc1ccc(-c2noc(CCC(=O)Nc3nnc(SCCOc4ccccc4)s3)n2)cc1. The van der Waals surface area contributed by atoms with Crippen LogP contribution in [0, 0.1) is 6.92 Å². The highest BCUT2D eigenvalue weighted by atomic mass is 32.2. The van der Waals surface area contributed by atoms with Crippen molar-refractivity contribution >= 4 is 34.1 Å². The van der Waals surface area contributed by atoms with Gasteiger partial charge in [-0.05, 0) is 19.1 Å². The molecule has 1 N–H and O–H groups in total.